The van der Waals surface area contributed by atoms with Crippen LogP contribution >= 0.6 is 11.3 Å². The second-order valence-electron chi connectivity index (χ2n) is 7.55. The number of carbonyl (C=O) groups excluding carboxylic acids is 2. The largest absolute Gasteiger partial charge is 0.497 e. The van der Waals surface area contributed by atoms with E-state index in [1.165, 1.54) is 11.3 Å². The van der Waals surface area contributed by atoms with Crippen molar-refractivity contribution in [3.8, 4) is 5.75 Å². The van der Waals surface area contributed by atoms with Crippen molar-refractivity contribution in [2.75, 3.05) is 13.7 Å². The van der Waals surface area contributed by atoms with Gasteiger partial charge < -0.3 is 19.9 Å². The second-order valence-corrected chi connectivity index (χ2v) is 8.44. The Morgan fingerprint density at radius 2 is 1.87 bits per heavy atom. The van der Waals surface area contributed by atoms with Crippen molar-refractivity contribution in [1.29, 1.82) is 0 Å². The first-order valence-corrected chi connectivity index (χ1v) is 11.4. The smallest absolute Gasteiger partial charge is 0.357 e. The van der Waals surface area contributed by atoms with Gasteiger partial charge in [-0.1, -0.05) is 39.3 Å². The Labute approximate surface area is 187 Å². The van der Waals surface area contributed by atoms with Crippen molar-refractivity contribution in [3.63, 3.8) is 0 Å². The molecule has 31 heavy (non-hydrogen) atoms. The van der Waals surface area contributed by atoms with E-state index in [-0.39, 0.29) is 36.5 Å². The highest BCUT2D eigenvalue weighted by Crippen LogP contribution is 2.30. The number of amides is 1. The first-order valence-electron chi connectivity index (χ1n) is 10.6. The van der Waals surface area contributed by atoms with Gasteiger partial charge in [-0.3, -0.25) is 4.79 Å². The Balaban J connectivity index is 2.21. The summed E-state index contributed by atoms with van der Waals surface area (Å²) < 4.78 is 10.2. The fourth-order valence-electron chi connectivity index (χ4n) is 3.09. The lowest BCUT2D eigenvalue weighted by atomic mass is 9.91. The van der Waals surface area contributed by atoms with Gasteiger partial charge >= 0.3 is 5.97 Å². The summed E-state index contributed by atoms with van der Waals surface area (Å²) in [5.41, 5.74) is 1.03. The van der Waals surface area contributed by atoms with E-state index >= 15 is 0 Å². The molecule has 2 rings (SSSR count). The average molecular weight is 449 g/mol. The van der Waals surface area contributed by atoms with E-state index in [1.807, 2.05) is 38.1 Å². The average Bonchev–Trinajstić information content (AvgIpc) is 3.28. The van der Waals surface area contributed by atoms with Crippen molar-refractivity contribution < 1.29 is 24.2 Å². The molecule has 0 saturated heterocycles. The lowest BCUT2D eigenvalue weighted by Gasteiger charge is -2.25. The Morgan fingerprint density at radius 3 is 2.45 bits per heavy atom. The van der Waals surface area contributed by atoms with Crippen LogP contribution < -0.4 is 10.1 Å². The topological polar surface area (TPSA) is 97.8 Å². The second kappa shape index (κ2) is 11.8. The number of carbonyl (C=O) groups is 2. The number of nitrogens with zero attached hydrogens (tertiary/aromatic N) is 1. The molecule has 0 aliphatic rings. The monoisotopic (exact) mass is 448 g/mol. The fourth-order valence-corrected chi connectivity index (χ4v) is 3.88. The summed E-state index contributed by atoms with van der Waals surface area (Å²) in [6, 6.07) is 6.96. The summed E-state index contributed by atoms with van der Waals surface area (Å²) >= 11 is 1.19. The molecule has 0 aliphatic heterocycles. The van der Waals surface area contributed by atoms with Gasteiger partial charge in [-0.2, -0.15) is 0 Å². The lowest BCUT2D eigenvalue weighted by molar-refractivity contribution is -0.126. The van der Waals surface area contributed by atoms with Gasteiger partial charge in [0, 0.05) is 17.7 Å². The third-order valence-corrected chi connectivity index (χ3v) is 6.44. The standard InChI is InChI=1S/C23H32N2O5S/c1-6-14(3)15(4)21(27)24-18(16-8-10-17(29-5)11-9-16)12-20(26)22-25-19(13-31-22)23(28)30-7-2/h8-11,13-15,18,20,26H,6-7,12H2,1-5H3,(H,24,27)/t14-,15+,18-,20-/m1/s1. The number of rotatable bonds is 11. The summed E-state index contributed by atoms with van der Waals surface area (Å²) in [6.45, 7) is 8.00. The number of aliphatic hydroxyl groups is 1. The maximum Gasteiger partial charge on any atom is 0.357 e. The minimum absolute atomic E-state index is 0.0614. The minimum atomic E-state index is -0.945. The molecule has 2 N–H and O–H groups in total. The van der Waals surface area contributed by atoms with Crippen LogP contribution in [0.5, 0.6) is 5.75 Å². The summed E-state index contributed by atoms with van der Waals surface area (Å²) in [6.07, 6.45) is 0.181. The summed E-state index contributed by atoms with van der Waals surface area (Å²) in [5.74, 6) is 0.223. The van der Waals surface area contributed by atoms with Crippen LogP contribution in [0.1, 0.15) is 73.7 Å². The van der Waals surface area contributed by atoms with Crippen LogP contribution in [0, 0.1) is 11.8 Å². The molecule has 0 unspecified atom stereocenters. The first kappa shape index (κ1) is 24.8. The van der Waals surface area contributed by atoms with E-state index in [0.717, 1.165) is 12.0 Å². The lowest BCUT2D eigenvalue weighted by Crippen LogP contribution is -2.36. The molecule has 0 aliphatic carbocycles. The molecule has 1 aromatic carbocycles. The molecule has 0 spiro atoms. The molecule has 4 atom stereocenters. The third-order valence-electron chi connectivity index (χ3n) is 5.50. The SMILES string of the molecule is CCOC(=O)c1csc([C@H](O)C[C@@H](NC(=O)[C@@H](C)[C@H](C)CC)c2ccc(OC)cc2)n1. The van der Waals surface area contributed by atoms with Crippen molar-refractivity contribution >= 4 is 23.2 Å². The van der Waals surface area contributed by atoms with Crippen molar-refractivity contribution in [3.05, 3.63) is 45.9 Å². The Hall–Kier alpha value is -2.45. The minimum Gasteiger partial charge on any atom is -0.497 e. The van der Waals surface area contributed by atoms with E-state index in [1.54, 1.807) is 19.4 Å². The van der Waals surface area contributed by atoms with Crippen molar-refractivity contribution in [2.45, 2.75) is 52.7 Å². The van der Waals surface area contributed by atoms with Crippen LogP contribution in [-0.2, 0) is 9.53 Å². The number of benzene rings is 1. The molecule has 0 radical (unpaired) electrons. The number of hydrogen-bond acceptors (Lipinski definition) is 7. The summed E-state index contributed by atoms with van der Waals surface area (Å²) in [4.78, 5) is 28.9. The van der Waals surface area contributed by atoms with Gasteiger partial charge in [0.1, 0.15) is 16.9 Å². The summed E-state index contributed by atoms with van der Waals surface area (Å²) in [5, 5.41) is 15.9. The number of nitrogens with one attached hydrogen (secondary N) is 1. The molecule has 2 aromatic rings. The highest BCUT2D eigenvalue weighted by Gasteiger charge is 2.26. The molecule has 1 heterocycles. The Kier molecular flexibility index (Phi) is 9.45. The number of methoxy groups -OCH3 is 1. The van der Waals surface area contributed by atoms with Gasteiger partial charge in [0.25, 0.3) is 0 Å². The maximum absolute atomic E-state index is 12.8. The zero-order valence-corrected chi connectivity index (χ0v) is 19.6. The van der Waals surface area contributed by atoms with Gasteiger partial charge in [0.15, 0.2) is 5.69 Å². The molecule has 0 fully saturated rings. The van der Waals surface area contributed by atoms with Crippen LogP contribution in [0.3, 0.4) is 0 Å². The van der Waals surface area contributed by atoms with Gasteiger partial charge in [-0.15, -0.1) is 11.3 Å². The predicted octanol–water partition coefficient (Wildman–Crippen LogP) is 4.29. The summed E-state index contributed by atoms with van der Waals surface area (Å²) in [7, 11) is 1.59. The molecule has 7 nitrogen and oxygen atoms in total. The van der Waals surface area contributed by atoms with E-state index in [9.17, 15) is 14.7 Å². The van der Waals surface area contributed by atoms with Crippen molar-refractivity contribution in [2.24, 2.45) is 11.8 Å². The molecular formula is C23H32N2O5S. The number of hydrogen-bond donors (Lipinski definition) is 2. The molecule has 0 saturated carbocycles. The highest BCUT2D eigenvalue weighted by molar-refractivity contribution is 7.09. The molecule has 8 heteroatoms. The van der Waals surface area contributed by atoms with Gasteiger partial charge in [-0.25, -0.2) is 9.78 Å². The molecular weight excluding hydrogens is 416 g/mol. The van der Waals surface area contributed by atoms with Crippen LogP contribution in [0.15, 0.2) is 29.6 Å². The van der Waals surface area contributed by atoms with E-state index < -0.39 is 18.1 Å². The number of esters is 1. The van der Waals surface area contributed by atoms with Gasteiger partial charge in [0.2, 0.25) is 5.91 Å². The number of aliphatic hydroxyl groups excluding tert-OH is 1. The Morgan fingerprint density at radius 1 is 1.19 bits per heavy atom. The normalized spacial score (nSPS) is 14.9. The van der Waals surface area contributed by atoms with E-state index in [0.29, 0.717) is 10.8 Å². The molecule has 1 amide bonds. The van der Waals surface area contributed by atoms with E-state index in [4.69, 9.17) is 9.47 Å². The number of ether oxygens (including phenoxy) is 2. The predicted molar refractivity (Wildman–Crippen MR) is 120 cm³/mol. The van der Waals surface area contributed by atoms with Crippen molar-refractivity contribution in [1.82, 2.24) is 10.3 Å². The highest BCUT2D eigenvalue weighted by atomic mass is 32.1. The first-order chi connectivity index (χ1) is 14.8. The van der Waals surface area contributed by atoms with Crippen LogP contribution in [0.25, 0.3) is 0 Å². The number of aromatic nitrogens is 1. The zero-order chi connectivity index (χ0) is 23.0. The quantitative estimate of drug-likeness (QED) is 0.498. The number of thiazole rings is 1. The zero-order valence-electron chi connectivity index (χ0n) is 18.8. The Bertz CT molecular complexity index is 852. The molecule has 170 valence electrons. The fraction of sp³-hybridized carbons (Fsp3) is 0.522. The molecule has 1 aromatic heterocycles. The third kappa shape index (κ3) is 6.77. The maximum atomic E-state index is 12.8. The molecule has 0 bridgehead atoms. The van der Waals surface area contributed by atoms with Crippen LogP contribution in [0.2, 0.25) is 0 Å². The van der Waals surface area contributed by atoms with Crippen LogP contribution in [0.4, 0.5) is 0 Å². The van der Waals surface area contributed by atoms with Crippen LogP contribution in [-0.4, -0.2) is 35.7 Å². The van der Waals surface area contributed by atoms with Gasteiger partial charge in [-0.05, 0) is 30.5 Å². The van der Waals surface area contributed by atoms with E-state index in [2.05, 4.69) is 17.2 Å². The van der Waals surface area contributed by atoms with Gasteiger partial charge in [0.05, 0.1) is 19.8 Å².